The summed E-state index contributed by atoms with van der Waals surface area (Å²) < 4.78 is 1.70. The predicted molar refractivity (Wildman–Crippen MR) is 114 cm³/mol. The molecule has 1 N–H and O–H groups in total. The molecule has 146 valence electrons. The Morgan fingerprint density at radius 2 is 1.86 bits per heavy atom. The van der Waals surface area contributed by atoms with Crippen LogP contribution in [0.25, 0.3) is 17.2 Å². The number of carbonyl (C=O) groups excluding carboxylic acids is 1. The number of nitrogens with one attached hydrogen (secondary N) is 1. The third-order valence-corrected chi connectivity index (χ3v) is 5.01. The van der Waals surface area contributed by atoms with Crippen molar-refractivity contribution in [2.24, 2.45) is 0 Å². The van der Waals surface area contributed by atoms with E-state index in [4.69, 9.17) is 11.6 Å². The van der Waals surface area contributed by atoms with Crippen molar-refractivity contribution in [3.63, 3.8) is 0 Å². The van der Waals surface area contributed by atoms with Gasteiger partial charge in [-0.15, -0.1) is 5.10 Å². The van der Waals surface area contributed by atoms with E-state index in [0.717, 1.165) is 28.1 Å². The van der Waals surface area contributed by atoms with Crippen LogP contribution in [0.2, 0.25) is 5.02 Å². The van der Waals surface area contributed by atoms with E-state index in [9.17, 15) is 4.79 Å². The molecule has 0 saturated carbocycles. The smallest absolute Gasteiger partial charge is 0.253 e. The summed E-state index contributed by atoms with van der Waals surface area (Å²) >= 11 is 5.99. The number of aromatic nitrogens is 4. The lowest BCUT2D eigenvalue weighted by Gasteiger charge is -2.11. The maximum Gasteiger partial charge on any atom is 0.253 e. The molecular formula is C22H20ClN5O. The van der Waals surface area contributed by atoms with E-state index in [0.29, 0.717) is 22.3 Å². The fourth-order valence-corrected chi connectivity index (χ4v) is 3.49. The summed E-state index contributed by atoms with van der Waals surface area (Å²) in [7, 11) is 0. The topological polar surface area (TPSA) is 72.2 Å². The summed E-state index contributed by atoms with van der Waals surface area (Å²) in [5.41, 5.74) is 5.18. The standard InChI is InChI=1S/C22H20ClN5O/c1-13-6-4-7-16(10-13)21-26-22-24-14(2)19(15(3)28(22)27-21)12-20(29)25-18-9-5-8-17(23)11-18/h4-11H,12H2,1-3H3,(H,25,29). The summed E-state index contributed by atoms with van der Waals surface area (Å²) in [6.45, 7) is 5.85. The molecule has 2 aromatic heterocycles. The first kappa shape index (κ1) is 19.1. The first-order valence-electron chi connectivity index (χ1n) is 9.26. The lowest BCUT2D eigenvalue weighted by Crippen LogP contribution is -2.17. The van der Waals surface area contributed by atoms with E-state index in [2.05, 4.69) is 20.4 Å². The average Bonchev–Trinajstić information content (AvgIpc) is 3.09. The van der Waals surface area contributed by atoms with Crippen LogP contribution in [0, 0.1) is 20.8 Å². The first-order valence-corrected chi connectivity index (χ1v) is 9.64. The Balaban J connectivity index is 1.65. The van der Waals surface area contributed by atoms with Crippen LogP contribution in [0.3, 0.4) is 0 Å². The number of carbonyl (C=O) groups is 1. The van der Waals surface area contributed by atoms with Gasteiger partial charge in [-0.3, -0.25) is 4.79 Å². The minimum absolute atomic E-state index is 0.140. The fourth-order valence-electron chi connectivity index (χ4n) is 3.30. The first-order chi connectivity index (χ1) is 13.9. The van der Waals surface area contributed by atoms with Crippen molar-refractivity contribution in [1.82, 2.24) is 19.6 Å². The van der Waals surface area contributed by atoms with Gasteiger partial charge in [0.05, 0.1) is 6.42 Å². The summed E-state index contributed by atoms with van der Waals surface area (Å²) in [6.07, 6.45) is 0.187. The molecule has 0 atom stereocenters. The third kappa shape index (κ3) is 3.98. The van der Waals surface area contributed by atoms with Crippen molar-refractivity contribution >= 4 is 29.0 Å². The zero-order valence-electron chi connectivity index (χ0n) is 16.4. The van der Waals surface area contributed by atoms with Crippen molar-refractivity contribution in [3.05, 3.63) is 76.1 Å². The van der Waals surface area contributed by atoms with Crippen LogP contribution in [0.15, 0.2) is 48.5 Å². The van der Waals surface area contributed by atoms with Crippen molar-refractivity contribution in [3.8, 4) is 11.4 Å². The maximum atomic E-state index is 12.6. The summed E-state index contributed by atoms with van der Waals surface area (Å²) in [5, 5.41) is 8.07. The minimum atomic E-state index is -0.140. The normalized spacial score (nSPS) is 11.0. The molecule has 0 saturated heterocycles. The zero-order chi connectivity index (χ0) is 20.5. The lowest BCUT2D eigenvalue weighted by molar-refractivity contribution is -0.115. The highest BCUT2D eigenvalue weighted by Gasteiger charge is 2.17. The maximum absolute atomic E-state index is 12.6. The second kappa shape index (κ2) is 7.64. The van der Waals surface area contributed by atoms with E-state index in [1.165, 1.54) is 0 Å². The largest absolute Gasteiger partial charge is 0.326 e. The van der Waals surface area contributed by atoms with Crippen LogP contribution in [0.1, 0.15) is 22.5 Å². The van der Waals surface area contributed by atoms with Crippen molar-refractivity contribution < 1.29 is 4.79 Å². The highest BCUT2D eigenvalue weighted by molar-refractivity contribution is 6.30. The number of amides is 1. The molecule has 0 spiro atoms. The van der Waals surface area contributed by atoms with Gasteiger partial charge in [0.15, 0.2) is 5.82 Å². The number of halogens is 1. The molecule has 0 bridgehead atoms. The zero-order valence-corrected chi connectivity index (χ0v) is 17.2. The SMILES string of the molecule is Cc1cccc(-c2nc3nc(C)c(CC(=O)Nc4cccc(Cl)c4)c(C)n3n2)c1. The quantitative estimate of drug-likeness (QED) is 0.540. The van der Waals surface area contributed by atoms with Gasteiger partial charge >= 0.3 is 0 Å². The molecule has 0 aliphatic heterocycles. The molecule has 29 heavy (non-hydrogen) atoms. The van der Waals surface area contributed by atoms with Gasteiger partial charge in [0, 0.05) is 33.2 Å². The van der Waals surface area contributed by atoms with Crippen LogP contribution in [0.4, 0.5) is 5.69 Å². The molecule has 2 aromatic carbocycles. The van der Waals surface area contributed by atoms with Gasteiger partial charge < -0.3 is 5.32 Å². The molecule has 7 heteroatoms. The van der Waals surface area contributed by atoms with Gasteiger partial charge in [-0.05, 0) is 45.0 Å². The summed E-state index contributed by atoms with van der Waals surface area (Å²) in [5.74, 6) is 0.998. The van der Waals surface area contributed by atoms with Gasteiger partial charge in [-0.2, -0.15) is 4.98 Å². The van der Waals surface area contributed by atoms with Gasteiger partial charge in [0.1, 0.15) is 0 Å². The highest BCUT2D eigenvalue weighted by Crippen LogP contribution is 2.21. The molecule has 0 radical (unpaired) electrons. The monoisotopic (exact) mass is 405 g/mol. The Bertz CT molecular complexity index is 1230. The molecule has 2 heterocycles. The number of hydrogen-bond donors (Lipinski definition) is 1. The van der Waals surface area contributed by atoms with Crippen LogP contribution < -0.4 is 5.32 Å². The highest BCUT2D eigenvalue weighted by atomic mass is 35.5. The number of rotatable bonds is 4. The average molecular weight is 406 g/mol. The van der Waals surface area contributed by atoms with Crippen LogP contribution in [0.5, 0.6) is 0 Å². The molecule has 0 fully saturated rings. The van der Waals surface area contributed by atoms with Crippen LogP contribution in [-0.4, -0.2) is 25.5 Å². The van der Waals surface area contributed by atoms with Gasteiger partial charge in [-0.25, -0.2) is 9.50 Å². The Hall–Kier alpha value is -3.25. The molecule has 1 amide bonds. The van der Waals surface area contributed by atoms with Gasteiger partial charge in [0.2, 0.25) is 5.91 Å². The molecular weight excluding hydrogens is 386 g/mol. The molecule has 0 aliphatic carbocycles. The summed E-state index contributed by atoms with van der Waals surface area (Å²) in [4.78, 5) is 21.7. The Morgan fingerprint density at radius 3 is 2.62 bits per heavy atom. The van der Waals surface area contributed by atoms with E-state index < -0.39 is 0 Å². The van der Waals surface area contributed by atoms with Crippen LogP contribution in [-0.2, 0) is 11.2 Å². The van der Waals surface area contributed by atoms with Crippen molar-refractivity contribution in [2.45, 2.75) is 27.2 Å². The number of anilines is 1. The lowest BCUT2D eigenvalue weighted by atomic mass is 10.1. The Labute approximate surface area is 173 Å². The minimum Gasteiger partial charge on any atom is -0.326 e. The third-order valence-electron chi connectivity index (χ3n) is 4.77. The molecule has 0 unspecified atom stereocenters. The number of nitrogens with zero attached hydrogens (tertiary/aromatic N) is 4. The van der Waals surface area contributed by atoms with Crippen LogP contribution >= 0.6 is 11.6 Å². The second-order valence-electron chi connectivity index (χ2n) is 7.01. The number of hydrogen-bond acceptors (Lipinski definition) is 4. The predicted octanol–water partition coefficient (Wildman–Crippen LogP) is 4.55. The molecule has 0 aliphatic rings. The van der Waals surface area contributed by atoms with E-state index in [1.807, 2.05) is 45.0 Å². The molecule has 4 rings (SSSR count). The Kier molecular flexibility index (Phi) is 5.03. The van der Waals surface area contributed by atoms with Gasteiger partial charge in [-0.1, -0.05) is 41.4 Å². The van der Waals surface area contributed by atoms with E-state index in [-0.39, 0.29) is 12.3 Å². The number of benzene rings is 2. The molecule has 4 aromatic rings. The number of aryl methyl sites for hydroxylation is 3. The van der Waals surface area contributed by atoms with Gasteiger partial charge in [0.25, 0.3) is 5.78 Å². The van der Waals surface area contributed by atoms with E-state index in [1.54, 1.807) is 28.8 Å². The van der Waals surface area contributed by atoms with E-state index >= 15 is 0 Å². The van der Waals surface area contributed by atoms with Crippen molar-refractivity contribution in [2.75, 3.05) is 5.32 Å². The summed E-state index contributed by atoms with van der Waals surface area (Å²) in [6, 6.07) is 15.1. The number of fused-ring (bicyclic) bond motifs is 1. The van der Waals surface area contributed by atoms with Crippen molar-refractivity contribution in [1.29, 1.82) is 0 Å². The Morgan fingerprint density at radius 1 is 1.07 bits per heavy atom. The molecule has 6 nitrogen and oxygen atoms in total. The second-order valence-corrected chi connectivity index (χ2v) is 7.45. The fraction of sp³-hybridized carbons (Fsp3) is 0.182.